The molecule has 116 valence electrons. The molecule has 1 N–H and O–H groups in total. The molecule has 1 heterocycles. The van der Waals surface area contributed by atoms with E-state index in [4.69, 9.17) is 9.47 Å². The third kappa shape index (κ3) is 5.70. The van der Waals surface area contributed by atoms with E-state index in [-0.39, 0.29) is 12.0 Å². The lowest BCUT2D eigenvalue weighted by Crippen LogP contribution is -2.26. The minimum atomic E-state index is -0.0812. The molecule has 1 atom stereocenters. The van der Waals surface area contributed by atoms with Crippen molar-refractivity contribution in [1.82, 2.24) is 5.32 Å². The van der Waals surface area contributed by atoms with Crippen LogP contribution in [0.25, 0.3) is 0 Å². The Bertz CT molecular complexity index is 476. The van der Waals surface area contributed by atoms with Crippen LogP contribution in [0, 0.1) is 0 Å². The van der Waals surface area contributed by atoms with E-state index in [1.54, 1.807) is 6.07 Å². The number of nitrogens with one attached hydrogen (secondary N) is 1. The molecule has 2 rings (SSSR count). The highest BCUT2D eigenvalue weighted by Crippen LogP contribution is 2.21. The molecule has 0 bridgehead atoms. The van der Waals surface area contributed by atoms with Crippen molar-refractivity contribution < 1.29 is 14.3 Å². The highest BCUT2D eigenvalue weighted by atomic mass is 79.9. The van der Waals surface area contributed by atoms with Crippen molar-refractivity contribution in [1.29, 1.82) is 0 Å². The summed E-state index contributed by atoms with van der Waals surface area (Å²) in [5.41, 5.74) is 0.629. The molecule has 4 nitrogen and oxygen atoms in total. The van der Waals surface area contributed by atoms with E-state index < -0.39 is 0 Å². The Hall–Kier alpha value is -0.430. The zero-order chi connectivity index (χ0) is 15.1. The van der Waals surface area contributed by atoms with E-state index in [0.29, 0.717) is 25.3 Å². The van der Waals surface area contributed by atoms with Gasteiger partial charge in [0.1, 0.15) is 0 Å². The number of ether oxygens (including phenoxy) is 2. The van der Waals surface area contributed by atoms with Gasteiger partial charge in [-0.15, -0.1) is 0 Å². The Morgan fingerprint density at radius 1 is 1.43 bits per heavy atom. The zero-order valence-electron chi connectivity index (χ0n) is 11.7. The number of carbonyl (C=O) groups excluding carboxylic acids is 1. The molecule has 0 aliphatic carbocycles. The second kappa shape index (κ2) is 8.88. The lowest BCUT2D eigenvalue weighted by atomic mass is 10.2. The summed E-state index contributed by atoms with van der Waals surface area (Å²) in [6.07, 6.45) is 3.28. The van der Waals surface area contributed by atoms with Gasteiger partial charge in [-0.2, -0.15) is 0 Å². The molecule has 0 saturated carbocycles. The van der Waals surface area contributed by atoms with Crippen molar-refractivity contribution in [3.05, 3.63) is 32.7 Å². The highest BCUT2D eigenvalue weighted by molar-refractivity contribution is 9.11. The number of benzene rings is 1. The topological polar surface area (TPSA) is 47.6 Å². The molecule has 1 saturated heterocycles. The van der Waals surface area contributed by atoms with E-state index in [1.165, 1.54) is 0 Å². The SMILES string of the molecule is O=C(NCCCOCC1CCCO1)c1cc(Br)ccc1Br. The summed E-state index contributed by atoms with van der Waals surface area (Å²) in [5, 5.41) is 2.89. The first-order valence-electron chi connectivity index (χ1n) is 7.09. The van der Waals surface area contributed by atoms with Crippen molar-refractivity contribution in [3.63, 3.8) is 0 Å². The van der Waals surface area contributed by atoms with Crippen LogP contribution in [0.3, 0.4) is 0 Å². The normalized spacial score (nSPS) is 17.9. The number of halogens is 2. The van der Waals surface area contributed by atoms with Crippen LogP contribution in [0.5, 0.6) is 0 Å². The van der Waals surface area contributed by atoms with Crippen LogP contribution >= 0.6 is 31.9 Å². The van der Waals surface area contributed by atoms with Gasteiger partial charge in [-0.25, -0.2) is 0 Å². The Balaban J connectivity index is 1.61. The fraction of sp³-hybridized carbons (Fsp3) is 0.533. The van der Waals surface area contributed by atoms with E-state index >= 15 is 0 Å². The van der Waals surface area contributed by atoms with Gasteiger partial charge in [-0.1, -0.05) is 15.9 Å². The summed E-state index contributed by atoms with van der Waals surface area (Å²) in [4.78, 5) is 12.0. The van der Waals surface area contributed by atoms with Crippen molar-refractivity contribution in [3.8, 4) is 0 Å². The molecule has 0 radical (unpaired) electrons. The standard InChI is InChI=1S/C15H19Br2NO3/c16-11-4-5-14(17)13(9-11)15(19)18-6-2-7-20-10-12-3-1-8-21-12/h4-5,9,12H,1-3,6-8,10H2,(H,18,19). The maximum atomic E-state index is 12.0. The summed E-state index contributed by atoms with van der Waals surface area (Å²) >= 11 is 6.75. The largest absolute Gasteiger partial charge is 0.379 e. The highest BCUT2D eigenvalue weighted by Gasteiger charge is 2.15. The monoisotopic (exact) mass is 419 g/mol. The van der Waals surface area contributed by atoms with Gasteiger partial charge >= 0.3 is 0 Å². The number of amides is 1. The molecule has 1 fully saturated rings. The van der Waals surface area contributed by atoms with Crippen molar-refractivity contribution in [2.75, 3.05) is 26.4 Å². The summed E-state index contributed by atoms with van der Waals surface area (Å²) < 4.78 is 12.7. The molecular weight excluding hydrogens is 402 g/mol. The second-order valence-corrected chi connectivity index (χ2v) is 6.71. The van der Waals surface area contributed by atoms with Crippen LogP contribution in [0.4, 0.5) is 0 Å². The average Bonchev–Trinajstić information content (AvgIpc) is 2.98. The predicted molar refractivity (Wildman–Crippen MR) is 88.6 cm³/mol. The van der Waals surface area contributed by atoms with Gasteiger partial charge in [0.2, 0.25) is 0 Å². The van der Waals surface area contributed by atoms with Gasteiger partial charge < -0.3 is 14.8 Å². The second-order valence-electron chi connectivity index (χ2n) is 4.94. The summed E-state index contributed by atoms with van der Waals surface area (Å²) in [6.45, 7) is 2.75. The summed E-state index contributed by atoms with van der Waals surface area (Å²) in [5.74, 6) is -0.0812. The number of carbonyl (C=O) groups is 1. The van der Waals surface area contributed by atoms with E-state index in [0.717, 1.165) is 34.8 Å². The van der Waals surface area contributed by atoms with Gasteiger partial charge in [0.25, 0.3) is 5.91 Å². The van der Waals surface area contributed by atoms with Crippen LogP contribution in [0.2, 0.25) is 0 Å². The van der Waals surface area contributed by atoms with Crippen LogP contribution in [-0.2, 0) is 9.47 Å². The molecule has 1 unspecified atom stereocenters. The van der Waals surface area contributed by atoms with E-state index in [9.17, 15) is 4.79 Å². The Kier molecular flexibility index (Phi) is 7.16. The average molecular weight is 421 g/mol. The minimum absolute atomic E-state index is 0.0812. The fourth-order valence-corrected chi connectivity index (χ4v) is 2.92. The molecule has 0 aromatic heterocycles. The first-order valence-corrected chi connectivity index (χ1v) is 8.68. The predicted octanol–water partition coefficient (Wildman–Crippen LogP) is 3.53. The summed E-state index contributed by atoms with van der Waals surface area (Å²) in [6, 6.07) is 5.54. The Labute approximate surface area is 141 Å². The van der Waals surface area contributed by atoms with Gasteiger partial charge in [0.15, 0.2) is 0 Å². The molecule has 1 amide bonds. The van der Waals surface area contributed by atoms with E-state index in [1.807, 2.05) is 12.1 Å². The van der Waals surface area contributed by atoms with E-state index in [2.05, 4.69) is 37.2 Å². The Morgan fingerprint density at radius 2 is 2.29 bits per heavy atom. The number of hydrogen-bond acceptors (Lipinski definition) is 3. The Morgan fingerprint density at radius 3 is 3.05 bits per heavy atom. The lowest BCUT2D eigenvalue weighted by molar-refractivity contribution is 0.0166. The third-order valence-electron chi connectivity index (χ3n) is 3.25. The van der Waals surface area contributed by atoms with Crippen LogP contribution in [0.15, 0.2) is 27.1 Å². The van der Waals surface area contributed by atoms with Gasteiger partial charge in [0.05, 0.1) is 18.3 Å². The number of rotatable bonds is 7. The number of hydrogen-bond donors (Lipinski definition) is 1. The third-order valence-corrected chi connectivity index (χ3v) is 4.44. The fourth-order valence-electron chi connectivity index (χ4n) is 2.13. The smallest absolute Gasteiger partial charge is 0.252 e. The van der Waals surface area contributed by atoms with Crippen molar-refractivity contribution in [2.24, 2.45) is 0 Å². The molecule has 6 heteroatoms. The molecule has 1 aliphatic heterocycles. The molecular formula is C15H19Br2NO3. The molecule has 0 spiro atoms. The van der Waals surface area contributed by atoms with Crippen molar-refractivity contribution >= 4 is 37.8 Å². The maximum absolute atomic E-state index is 12.0. The minimum Gasteiger partial charge on any atom is -0.379 e. The van der Waals surface area contributed by atoms with Gasteiger partial charge in [0, 0.05) is 28.7 Å². The van der Waals surface area contributed by atoms with Crippen LogP contribution in [0.1, 0.15) is 29.6 Å². The van der Waals surface area contributed by atoms with Crippen LogP contribution < -0.4 is 5.32 Å². The first-order chi connectivity index (χ1) is 10.2. The molecule has 21 heavy (non-hydrogen) atoms. The lowest BCUT2D eigenvalue weighted by Gasteiger charge is -2.10. The summed E-state index contributed by atoms with van der Waals surface area (Å²) in [7, 11) is 0. The maximum Gasteiger partial charge on any atom is 0.252 e. The molecule has 1 aliphatic rings. The first kappa shape index (κ1) is 16.9. The van der Waals surface area contributed by atoms with Gasteiger partial charge in [-0.05, 0) is 53.4 Å². The quantitative estimate of drug-likeness (QED) is 0.686. The van der Waals surface area contributed by atoms with Crippen molar-refractivity contribution in [2.45, 2.75) is 25.4 Å². The van der Waals surface area contributed by atoms with Gasteiger partial charge in [-0.3, -0.25) is 4.79 Å². The molecule has 1 aromatic rings. The zero-order valence-corrected chi connectivity index (χ0v) is 14.9. The molecule has 1 aromatic carbocycles. The van der Waals surface area contributed by atoms with Crippen LogP contribution in [-0.4, -0.2) is 38.4 Å².